The van der Waals surface area contributed by atoms with Crippen LogP contribution in [0.15, 0.2) is 0 Å². The summed E-state index contributed by atoms with van der Waals surface area (Å²) in [6, 6.07) is 0. The van der Waals surface area contributed by atoms with Crippen LogP contribution in [0.4, 0.5) is 0 Å². The summed E-state index contributed by atoms with van der Waals surface area (Å²) >= 11 is 0. The van der Waals surface area contributed by atoms with Gasteiger partial charge in [0.1, 0.15) is 13.2 Å². The maximum atomic E-state index is 11.7. The maximum Gasteiger partial charge on any atom is 0.311 e. The molecule has 0 saturated carbocycles. The molecule has 0 radical (unpaired) electrons. The summed E-state index contributed by atoms with van der Waals surface area (Å²) in [5, 5.41) is 0. The van der Waals surface area contributed by atoms with Crippen molar-refractivity contribution in [3.8, 4) is 0 Å². The van der Waals surface area contributed by atoms with Crippen LogP contribution in [0.3, 0.4) is 0 Å². The molecule has 4 nitrogen and oxygen atoms in total. The van der Waals surface area contributed by atoms with E-state index >= 15 is 0 Å². The van der Waals surface area contributed by atoms with Crippen LogP contribution in [0.2, 0.25) is 0 Å². The Morgan fingerprint density at radius 3 is 1.79 bits per heavy atom. The number of ether oxygens (including phenoxy) is 1. The van der Waals surface area contributed by atoms with Gasteiger partial charge in [-0.2, -0.15) is 0 Å². The third kappa shape index (κ3) is 9.91. The summed E-state index contributed by atoms with van der Waals surface area (Å²) in [5.41, 5.74) is 0. The van der Waals surface area contributed by atoms with Gasteiger partial charge in [0.25, 0.3) is 0 Å². The van der Waals surface area contributed by atoms with Gasteiger partial charge in [0.05, 0.1) is 54.2 Å². The van der Waals surface area contributed by atoms with Crippen LogP contribution in [0.5, 0.6) is 0 Å². The molecule has 0 bridgehead atoms. The number of esters is 1. The van der Waals surface area contributed by atoms with E-state index in [-0.39, 0.29) is 5.97 Å². The molecule has 19 heavy (non-hydrogen) atoms. The normalized spacial score (nSPS) is 12.5. The highest BCUT2D eigenvalue weighted by Crippen LogP contribution is 2.03. The van der Waals surface area contributed by atoms with Crippen molar-refractivity contribution < 1.29 is 18.5 Å². The molecule has 0 aromatic heterocycles. The number of nitrogens with zero attached hydrogens (tertiary/aromatic N) is 2. The summed E-state index contributed by atoms with van der Waals surface area (Å²) in [7, 11) is 8.69. The molecular formula is C15H34N2O2+2. The third-order valence-corrected chi connectivity index (χ3v) is 3.54. The molecule has 0 rings (SSSR count). The second-order valence-corrected chi connectivity index (χ2v) is 6.74. The SMILES string of the molecule is CCC[N+](C)(C)CCOC(=O)CC[N+](C)(C)CCC. The lowest BCUT2D eigenvalue weighted by atomic mass is 10.3. The second-order valence-electron chi connectivity index (χ2n) is 6.74. The summed E-state index contributed by atoms with van der Waals surface area (Å²) < 4.78 is 7.14. The largest absolute Gasteiger partial charge is 0.460 e. The number of likely N-dealkylation sites (N-methyl/N-ethyl adjacent to an activating group) is 1. The Morgan fingerprint density at radius 2 is 1.32 bits per heavy atom. The molecule has 0 aliphatic heterocycles. The summed E-state index contributed by atoms with van der Waals surface area (Å²) in [5.74, 6) is -0.0567. The van der Waals surface area contributed by atoms with Crippen molar-refractivity contribution in [1.29, 1.82) is 0 Å². The highest BCUT2D eigenvalue weighted by atomic mass is 16.5. The van der Waals surface area contributed by atoms with Crippen molar-refractivity contribution in [3.63, 3.8) is 0 Å². The van der Waals surface area contributed by atoms with Crippen LogP contribution in [0.1, 0.15) is 33.1 Å². The van der Waals surface area contributed by atoms with Gasteiger partial charge in [-0.3, -0.25) is 4.79 Å². The van der Waals surface area contributed by atoms with E-state index in [0.29, 0.717) is 13.0 Å². The van der Waals surface area contributed by atoms with Gasteiger partial charge in [0.2, 0.25) is 0 Å². The maximum absolute atomic E-state index is 11.7. The van der Waals surface area contributed by atoms with Crippen molar-refractivity contribution >= 4 is 5.97 Å². The van der Waals surface area contributed by atoms with E-state index in [1.165, 1.54) is 0 Å². The zero-order valence-corrected chi connectivity index (χ0v) is 13.9. The topological polar surface area (TPSA) is 26.3 Å². The van der Waals surface area contributed by atoms with Gasteiger partial charge in [0.15, 0.2) is 0 Å². The number of carbonyl (C=O) groups excluding carboxylic acids is 1. The first-order valence-electron chi connectivity index (χ1n) is 7.52. The van der Waals surface area contributed by atoms with Crippen molar-refractivity contribution in [1.82, 2.24) is 0 Å². The third-order valence-electron chi connectivity index (χ3n) is 3.54. The highest BCUT2D eigenvalue weighted by Gasteiger charge is 2.18. The second kappa shape index (κ2) is 8.54. The smallest absolute Gasteiger partial charge is 0.311 e. The van der Waals surface area contributed by atoms with E-state index < -0.39 is 0 Å². The Bertz CT molecular complexity index is 263. The van der Waals surface area contributed by atoms with Gasteiger partial charge < -0.3 is 13.7 Å². The summed E-state index contributed by atoms with van der Waals surface area (Å²) in [6.07, 6.45) is 2.82. The Balaban J connectivity index is 3.82. The summed E-state index contributed by atoms with van der Waals surface area (Å²) in [6.45, 7) is 8.87. The average Bonchev–Trinajstić information content (AvgIpc) is 2.26. The van der Waals surface area contributed by atoms with Gasteiger partial charge in [-0.15, -0.1) is 0 Å². The molecule has 0 amide bonds. The quantitative estimate of drug-likeness (QED) is 0.449. The molecule has 0 aromatic carbocycles. The highest BCUT2D eigenvalue weighted by molar-refractivity contribution is 5.69. The molecule has 0 aromatic rings. The number of carbonyl (C=O) groups is 1. The molecule has 4 heteroatoms. The zero-order chi connectivity index (χ0) is 14.9. The lowest BCUT2D eigenvalue weighted by Crippen LogP contribution is -2.43. The standard InChI is InChI=1S/C15H34N2O2/c1-7-10-16(3,4)12-9-15(18)19-14-13-17(5,6)11-8-2/h7-14H2,1-6H3/q+2. The lowest BCUT2D eigenvalue weighted by Gasteiger charge is -2.30. The van der Waals surface area contributed by atoms with Crippen molar-refractivity contribution in [2.75, 3.05) is 61.0 Å². The minimum Gasteiger partial charge on any atom is -0.460 e. The van der Waals surface area contributed by atoms with Crippen molar-refractivity contribution in [3.05, 3.63) is 0 Å². The molecule has 0 spiro atoms. The average molecular weight is 274 g/mol. The number of quaternary nitrogens is 2. The number of hydrogen-bond donors (Lipinski definition) is 0. The van der Waals surface area contributed by atoms with Gasteiger partial charge in [-0.25, -0.2) is 0 Å². The van der Waals surface area contributed by atoms with E-state index in [4.69, 9.17) is 4.74 Å². The molecule has 114 valence electrons. The predicted octanol–water partition coefficient (Wildman–Crippen LogP) is 1.89. The first-order valence-corrected chi connectivity index (χ1v) is 7.52. The van der Waals surface area contributed by atoms with Gasteiger partial charge >= 0.3 is 5.97 Å². The van der Waals surface area contributed by atoms with Crippen molar-refractivity contribution in [2.45, 2.75) is 33.1 Å². The predicted molar refractivity (Wildman–Crippen MR) is 79.8 cm³/mol. The molecule has 0 saturated heterocycles. The fourth-order valence-electron chi connectivity index (χ4n) is 2.31. The van der Waals surface area contributed by atoms with E-state index in [9.17, 15) is 4.79 Å². The zero-order valence-electron chi connectivity index (χ0n) is 13.9. The first-order chi connectivity index (χ1) is 8.72. The Hall–Kier alpha value is -0.610. The van der Waals surface area contributed by atoms with E-state index in [0.717, 1.165) is 48.0 Å². The fraction of sp³-hybridized carbons (Fsp3) is 0.933. The van der Waals surface area contributed by atoms with Crippen LogP contribution in [0.25, 0.3) is 0 Å². The fourth-order valence-corrected chi connectivity index (χ4v) is 2.31. The minimum atomic E-state index is -0.0567. The summed E-state index contributed by atoms with van der Waals surface area (Å²) in [4.78, 5) is 11.7. The molecule has 0 unspecified atom stereocenters. The van der Waals surface area contributed by atoms with E-state index in [1.807, 2.05) is 0 Å². The Labute approximate surface area is 119 Å². The van der Waals surface area contributed by atoms with Crippen molar-refractivity contribution in [2.24, 2.45) is 0 Å². The molecule has 0 aliphatic rings. The molecule has 0 aliphatic carbocycles. The molecule has 0 heterocycles. The van der Waals surface area contributed by atoms with E-state index in [1.54, 1.807) is 0 Å². The molecule has 0 N–H and O–H groups in total. The van der Waals surface area contributed by atoms with Gasteiger partial charge in [0, 0.05) is 0 Å². The Morgan fingerprint density at radius 1 is 0.842 bits per heavy atom. The van der Waals surface area contributed by atoms with Crippen LogP contribution in [-0.4, -0.2) is 75.9 Å². The van der Waals surface area contributed by atoms with E-state index in [2.05, 4.69) is 42.0 Å². The molecule has 0 atom stereocenters. The Kier molecular flexibility index (Phi) is 8.26. The first kappa shape index (κ1) is 18.4. The van der Waals surface area contributed by atoms with Crippen LogP contribution in [-0.2, 0) is 9.53 Å². The van der Waals surface area contributed by atoms with Crippen LogP contribution < -0.4 is 0 Å². The number of rotatable bonds is 10. The molecule has 0 fully saturated rings. The van der Waals surface area contributed by atoms with Gasteiger partial charge in [-0.05, 0) is 12.8 Å². The lowest BCUT2D eigenvalue weighted by molar-refractivity contribution is -0.890. The van der Waals surface area contributed by atoms with Crippen LogP contribution >= 0.6 is 0 Å². The monoisotopic (exact) mass is 274 g/mol. The molecular weight excluding hydrogens is 240 g/mol. The minimum absolute atomic E-state index is 0.0567. The number of hydrogen-bond acceptors (Lipinski definition) is 2. The van der Waals surface area contributed by atoms with Crippen LogP contribution in [0, 0.1) is 0 Å². The van der Waals surface area contributed by atoms with Gasteiger partial charge in [-0.1, -0.05) is 13.8 Å².